The number of halogens is 2. The molecule has 0 saturated carbocycles. The quantitative estimate of drug-likeness (QED) is 0.850. The lowest BCUT2D eigenvalue weighted by molar-refractivity contribution is 0.552. The lowest BCUT2D eigenvalue weighted by atomic mass is 9.99. The van der Waals surface area contributed by atoms with E-state index < -0.39 is 17.7 Å². The molecule has 0 aliphatic carbocycles. The zero-order valence-electron chi connectivity index (χ0n) is 8.71. The molecule has 16 heavy (non-hydrogen) atoms. The Morgan fingerprint density at radius 3 is 2.62 bits per heavy atom. The molecule has 1 unspecified atom stereocenters. The van der Waals surface area contributed by atoms with Crippen LogP contribution in [0.25, 0.3) is 0 Å². The normalized spacial score (nSPS) is 12.8. The molecule has 2 nitrogen and oxygen atoms in total. The van der Waals surface area contributed by atoms with E-state index in [-0.39, 0.29) is 5.56 Å². The van der Waals surface area contributed by atoms with Gasteiger partial charge in [-0.2, -0.15) is 0 Å². The van der Waals surface area contributed by atoms with Gasteiger partial charge in [-0.1, -0.05) is 0 Å². The van der Waals surface area contributed by atoms with E-state index in [4.69, 9.17) is 10.2 Å². The van der Waals surface area contributed by atoms with Crippen LogP contribution in [0.3, 0.4) is 0 Å². The van der Waals surface area contributed by atoms with Gasteiger partial charge in [0.15, 0.2) is 0 Å². The molecule has 0 spiro atoms. The van der Waals surface area contributed by atoms with Gasteiger partial charge < -0.3 is 10.2 Å². The van der Waals surface area contributed by atoms with Gasteiger partial charge in [0.05, 0.1) is 18.6 Å². The summed E-state index contributed by atoms with van der Waals surface area (Å²) in [6.45, 7) is 1.57. The van der Waals surface area contributed by atoms with Gasteiger partial charge in [-0.15, -0.1) is 0 Å². The van der Waals surface area contributed by atoms with E-state index in [2.05, 4.69) is 0 Å². The summed E-state index contributed by atoms with van der Waals surface area (Å²) in [6.07, 6.45) is 2.91. The summed E-state index contributed by atoms with van der Waals surface area (Å²) in [5.74, 6) is -1.21. The number of nitrogens with two attached hydrogens (primary N) is 1. The van der Waals surface area contributed by atoms with Gasteiger partial charge in [-0.3, -0.25) is 0 Å². The summed E-state index contributed by atoms with van der Waals surface area (Å²) < 4.78 is 31.5. The average Bonchev–Trinajstić information content (AvgIpc) is 2.75. The van der Waals surface area contributed by atoms with Crippen molar-refractivity contribution in [3.05, 3.63) is 59.1 Å². The number of rotatable bonds is 2. The fourth-order valence-electron chi connectivity index (χ4n) is 1.55. The zero-order chi connectivity index (χ0) is 11.7. The first kappa shape index (κ1) is 10.8. The maximum atomic E-state index is 13.5. The highest BCUT2D eigenvalue weighted by molar-refractivity contribution is 5.33. The molecule has 2 rings (SSSR count). The monoisotopic (exact) mass is 223 g/mol. The summed E-state index contributed by atoms with van der Waals surface area (Å²) in [5.41, 5.74) is 7.15. The Hall–Kier alpha value is -1.68. The minimum Gasteiger partial charge on any atom is -0.472 e. The standard InChI is InChI=1S/C12H11F2NO/c1-7-4-9(11(14)5-10(7)13)12(15)8-2-3-16-6-8/h2-6,12H,15H2,1H3. The van der Waals surface area contributed by atoms with E-state index in [0.29, 0.717) is 11.1 Å². The number of aryl methyl sites for hydroxylation is 1. The lowest BCUT2D eigenvalue weighted by Crippen LogP contribution is -2.13. The van der Waals surface area contributed by atoms with Gasteiger partial charge in [0.1, 0.15) is 11.6 Å². The molecule has 1 heterocycles. The lowest BCUT2D eigenvalue weighted by Gasteiger charge is -2.12. The predicted molar refractivity (Wildman–Crippen MR) is 55.8 cm³/mol. The predicted octanol–water partition coefficient (Wildman–Crippen LogP) is 2.91. The molecule has 84 valence electrons. The molecular formula is C12H11F2NO. The van der Waals surface area contributed by atoms with Crippen LogP contribution < -0.4 is 5.73 Å². The van der Waals surface area contributed by atoms with Gasteiger partial charge in [-0.05, 0) is 24.6 Å². The van der Waals surface area contributed by atoms with E-state index in [1.165, 1.54) is 18.6 Å². The van der Waals surface area contributed by atoms with Crippen molar-refractivity contribution in [2.75, 3.05) is 0 Å². The molecule has 1 aromatic carbocycles. The molecule has 2 N–H and O–H groups in total. The third-order valence-electron chi connectivity index (χ3n) is 2.52. The Kier molecular flexibility index (Phi) is 2.75. The third-order valence-corrected chi connectivity index (χ3v) is 2.52. The first-order chi connectivity index (χ1) is 7.59. The summed E-state index contributed by atoms with van der Waals surface area (Å²) >= 11 is 0. The molecule has 0 fully saturated rings. The minimum atomic E-state index is -0.642. The maximum absolute atomic E-state index is 13.5. The minimum absolute atomic E-state index is 0.264. The van der Waals surface area contributed by atoms with E-state index in [9.17, 15) is 8.78 Å². The van der Waals surface area contributed by atoms with Crippen molar-refractivity contribution in [2.45, 2.75) is 13.0 Å². The average molecular weight is 223 g/mol. The highest BCUT2D eigenvalue weighted by atomic mass is 19.1. The summed E-state index contributed by atoms with van der Waals surface area (Å²) in [7, 11) is 0. The molecule has 0 bridgehead atoms. The summed E-state index contributed by atoms with van der Waals surface area (Å²) in [6, 6.07) is 3.29. The fraction of sp³-hybridized carbons (Fsp3) is 0.167. The molecule has 1 atom stereocenters. The Balaban J connectivity index is 2.44. The van der Waals surface area contributed by atoms with Crippen LogP contribution in [0.2, 0.25) is 0 Å². The SMILES string of the molecule is Cc1cc(C(N)c2ccoc2)c(F)cc1F. The molecule has 0 aliphatic heterocycles. The fourth-order valence-corrected chi connectivity index (χ4v) is 1.55. The highest BCUT2D eigenvalue weighted by Crippen LogP contribution is 2.24. The molecule has 2 aromatic rings. The molecular weight excluding hydrogens is 212 g/mol. The Labute approximate surface area is 91.7 Å². The van der Waals surface area contributed by atoms with Crippen molar-refractivity contribution in [3.63, 3.8) is 0 Å². The van der Waals surface area contributed by atoms with Gasteiger partial charge >= 0.3 is 0 Å². The van der Waals surface area contributed by atoms with Crippen molar-refractivity contribution in [2.24, 2.45) is 5.73 Å². The number of benzene rings is 1. The Morgan fingerprint density at radius 2 is 2.00 bits per heavy atom. The van der Waals surface area contributed by atoms with E-state index in [0.717, 1.165) is 6.07 Å². The van der Waals surface area contributed by atoms with E-state index >= 15 is 0 Å². The molecule has 0 radical (unpaired) electrons. The van der Waals surface area contributed by atoms with Crippen molar-refractivity contribution in [1.29, 1.82) is 0 Å². The second-order valence-corrected chi connectivity index (χ2v) is 3.66. The van der Waals surface area contributed by atoms with Crippen molar-refractivity contribution in [1.82, 2.24) is 0 Å². The van der Waals surface area contributed by atoms with Crippen molar-refractivity contribution in [3.8, 4) is 0 Å². The Morgan fingerprint density at radius 1 is 1.25 bits per heavy atom. The van der Waals surface area contributed by atoms with Crippen LogP contribution in [0.4, 0.5) is 8.78 Å². The molecule has 1 aromatic heterocycles. The van der Waals surface area contributed by atoms with Crippen LogP contribution in [-0.2, 0) is 0 Å². The van der Waals surface area contributed by atoms with Crippen LogP contribution >= 0.6 is 0 Å². The largest absolute Gasteiger partial charge is 0.472 e. The molecule has 0 aliphatic rings. The molecule has 0 amide bonds. The molecule has 0 saturated heterocycles. The number of hydrogen-bond acceptors (Lipinski definition) is 2. The highest BCUT2D eigenvalue weighted by Gasteiger charge is 2.16. The van der Waals surface area contributed by atoms with Crippen LogP contribution in [0.1, 0.15) is 22.7 Å². The number of hydrogen-bond donors (Lipinski definition) is 1. The maximum Gasteiger partial charge on any atom is 0.131 e. The summed E-state index contributed by atoms with van der Waals surface area (Å²) in [4.78, 5) is 0. The van der Waals surface area contributed by atoms with Gasteiger partial charge in [0.2, 0.25) is 0 Å². The van der Waals surface area contributed by atoms with E-state index in [1.54, 1.807) is 13.0 Å². The van der Waals surface area contributed by atoms with Crippen molar-refractivity contribution >= 4 is 0 Å². The number of furan rings is 1. The smallest absolute Gasteiger partial charge is 0.131 e. The third kappa shape index (κ3) is 1.84. The van der Waals surface area contributed by atoms with Crippen molar-refractivity contribution < 1.29 is 13.2 Å². The van der Waals surface area contributed by atoms with E-state index in [1.807, 2.05) is 0 Å². The second-order valence-electron chi connectivity index (χ2n) is 3.66. The van der Waals surface area contributed by atoms with Gasteiger partial charge in [0.25, 0.3) is 0 Å². The van der Waals surface area contributed by atoms with Gasteiger partial charge in [0, 0.05) is 17.2 Å². The van der Waals surface area contributed by atoms with Crippen LogP contribution in [0, 0.1) is 18.6 Å². The zero-order valence-corrected chi connectivity index (χ0v) is 8.71. The second kappa shape index (κ2) is 4.06. The Bertz CT molecular complexity index is 494. The van der Waals surface area contributed by atoms with Crippen LogP contribution in [-0.4, -0.2) is 0 Å². The molecule has 4 heteroatoms. The first-order valence-corrected chi connectivity index (χ1v) is 4.83. The first-order valence-electron chi connectivity index (χ1n) is 4.83. The van der Waals surface area contributed by atoms with Crippen LogP contribution in [0.5, 0.6) is 0 Å². The summed E-state index contributed by atoms with van der Waals surface area (Å²) in [5, 5.41) is 0. The topological polar surface area (TPSA) is 39.2 Å². The van der Waals surface area contributed by atoms with Gasteiger partial charge in [-0.25, -0.2) is 8.78 Å². The van der Waals surface area contributed by atoms with Crippen LogP contribution in [0.15, 0.2) is 35.1 Å².